The third kappa shape index (κ3) is 3.58. The van der Waals surface area contributed by atoms with Crippen molar-refractivity contribution < 1.29 is 19.4 Å². The lowest BCUT2D eigenvalue weighted by Gasteiger charge is -2.27. The quantitative estimate of drug-likeness (QED) is 0.605. The molecule has 1 aromatic heterocycles. The number of halogens is 1. The molecule has 3 N–H and O–H groups in total. The molecule has 0 aliphatic carbocycles. The first kappa shape index (κ1) is 17.6. The third-order valence-corrected chi connectivity index (χ3v) is 5.31. The Bertz CT molecular complexity index is 818. The summed E-state index contributed by atoms with van der Waals surface area (Å²) in [6, 6.07) is 9.58. The molecule has 1 unspecified atom stereocenters. The maximum Gasteiger partial charge on any atom is 0.404 e. The van der Waals surface area contributed by atoms with Crippen molar-refractivity contribution >= 4 is 34.6 Å². The summed E-state index contributed by atoms with van der Waals surface area (Å²) in [6.45, 7) is 0.813. The summed E-state index contributed by atoms with van der Waals surface area (Å²) >= 11 is 2.24. The van der Waals surface area contributed by atoms with E-state index in [0.29, 0.717) is 25.2 Å². The number of hydrogen-bond acceptors (Lipinski definition) is 3. The van der Waals surface area contributed by atoms with E-state index >= 15 is 0 Å². The average Bonchev–Trinajstić information content (AvgIpc) is 2.95. The fourth-order valence-electron chi connectivity index (χ4n) is 3.00. The number of methoxy groups -OCH3 is 1. The van der Waals surface area contributed by atoms with Crippen molar-refractivity contribution in [2.24, 2.45) is 0 Å². The molecule has 2 aromatic rings. The topological polar surface area (TPSA) is 92.6 Å². The summed E-state index contributed by atoms with van der Waals surface area (Å²) in [5, 5.41) is 14.0. The van der Waals surface area contributed by atoms with E-state index in [2.05, 4.69) is 33.2 Å². The number of rotatable bonds is 5. The minimum absolute atomic E-state index is 0.00538. The zero-order chi connectivity index (χ0) is 18.0. The second kappa shape index (κ2) is 7.34. The normalized spacial score (nSPS) is 16.1. The Morgan fingerprint density at radius 2 is 2.28 bits per heavy atom. The van der Waals surface area contributed by atoms with Crippen LogP contribution in [-0.4, -0.2) is 41.9 Å². The van der Waals surface area contributed by atoms with Crippen LogP contribution >= 0.6 is 22.6 Å². The number of carboxylic acid groups (broad SMARTS) is 1. The summed E-state index contributed by atoms with van der Waals surface area (Å²) in [6.07, 6.45) is -0.443. The molecule has 0 saturated heterocycles. The number of nitrogens with zero attached hydrogens (tertiary/aromatic N) is 1. The summed E-state index contributed by atoms with van der Waals surface area (Å²) in [5.41, 5.74) is 2.53. The average molecular weight is 455 g/mol. The van der Waals surface area contributed by atoms with Gasteiger partial charge < -0.3 is 25.0 Å². The number of hydrogen-bond donors (Lipinski definition) is 3. The molecule has 0 spiro atoms. The summed E-state index contributed by atoms with van der Waals surface area (Å²) in [4.78, 5) is 22.9. The minimum atomic E-state index is -1.04. The van der Waals surface area contributed by atoms with Crippen LogP contribution in [0.1, 0.15) is 23.0 Å². The third-order valence-electron chi connectivity index (χ3n) is 4.20. The van der Waals surface area contributed by atoms with Gasteiger partial charge in [-0.1, -0.05) is 12.1 Å². The zero-order valence-corrected chi connectivity index (χ0v) is 15.7. The predicted octanol–water partition coefficient (Wildman–Crippen LogP) is 2.71. The lowest BCUT2D eigenvalue weighted by Crippen LogP contribution is -2.40. The monoisotopic (exact) mass is 455 g/mol. The van der Waals surface area contributed by atoms with Gasteiger partial charge in [-0.2, -0.15) is 0 Å². The molecule has 1 aromatic carbocycles. The Kier molecular flexibility index (Phi) is 5.16. The largest absolute Gasteiger partial charge is 0.497 e. The van der Waals surface area contributed by atoms with E-state index in [0.717, 1.165) is 20.6 Å². The molecule has 0 saturated carbocycles. The Balaban J connectivity index is 1.96. The van der Waals surface area contributed by atoms with Crippen molar-refractivity contribution in [3.8, 4) is 16.9 Å². The van der Waals surface area contributed by atoms with E-state index in [-0.39, 0.29) is 11.9 Å². The van der Waals surface area contributed by atoms with E-state index in [4.69, 9.17) is 9.84 Å². The van der Waals surface area contributed by atoms with Crippen LogP contribution in [0.2, 0.25) is 0 Å². The van der Waals surface area contributed by atoms with Crippen LogP contribution in [0.5, 0.6) is 5.75 Å². The molecule has 0 radical (unpaired) electrons. The van der Waals surface area contributed by atoms with Crippen molar-refractivity contribution in [3.05, 3.63) is 39.7 Å². The number of benzene rings is 1. The van der Waals surface area contributed by atoms with E-state index in [1.807, 2.05) is 34.9 Å². The highest BCUT2D eigenvalue weighted by atomic mass is 127. The first-order chi connectivity index (χ1) is 12.0. The predicted molar refractivity (Wildman–Crippen MR) is 101 cm³/mol. The molecule has 2 amide bonds. The van der Waals surface area contributed by atoms with Crippen LogP contribution in [0.15, 0.2) is 30.3 Å². The highest BCUT2D eigenvalue weighted by Crippen LogP contribution is 2.34. The molecule has 3 rings (SSSR count). The number of carbonyl (C=O) groups excluding carboxylic acids is 1. The van der Waals surface area contributed by atoms with Crippen molar-refractivity contribution in [2.75, 3.05) is 20.2 Å². The first-order valence-corrected chi connectivity index (χ1v) is 8.89. The Morgan fingerprint density at radius 1 is 1.48 bits per heavy atom. The number of fused-ring (bicyclic) bond motifs is 1. The zero-order valence-electron chi connectivity index (χ0n) is 13.6. The molecule has 8 heteroatoms. The number of amides is 2. The second-order valence-corrected chi connectivity index (χ2v) is 6.74. The molecule has 1 atom stereocenters. The fraction of sp³-hybridized carbons (Fsp3) is 0.294. The van der Waals surface area contributed by atoms with Gasteiger partial charge >= 0.3 is 6.09 Å². The molecule has 2 heterocycles. The van der Waals surface area contributed by atoms with Gasteiger partial charge in [-0.05, 0) is 52.8 Å². The van der Waals surface area contributed by atoms with Gasteiger partial charge in [0.15, 0.2) is 0 Å². The van der Waals surface area contributed by atoms with Crippen LogP contribution in [0.3, 0.4) is 0 Å². The van der Waals surface area contributed by atoms with Crippen molar-refractivity contribution in [3.63, 3.8) is 0 Å². The van der Waals surface area contributed by atoms with Crippen LogP contribution in [-0.2, 0) is 0 Å². The van der Waals surface area contributed by atoms with Crippen molar-refractivity contribution in [2.45, 2.75) is 12.5 Å². The minimum Gasteiger partial charge on any atom is -0.497 e. The molecule has 25 heavy (non-hydrogen) atoms. The van der Waals surface area contributed by atoms with Gasteiger partial charge in [0.2, 0.25) is 0 Å². The molecule has 1 aliphatic heterocycles. The summed E-state index contributed by atoms with van der Waals surface area (Å²) in [7, 11) is 1.62. The van der Waals surface area contributed by atoms with Gasteiger partial charge in [-0.25, -0.2) is 4.79 Å². The number of ether oxygens (including phenoxy) is 1. The van der Waals surface area contributed by atoms with E-state index < -0.39 is 6.09 Å². The van der Waals surface area contributed by atoms with Crippen molar-refractivity contribution in [1.29, 1.82) is 0 Å². The molecule has 132 valence electrons. The van der Waals surface area contributed by atoms with Crippen molar-refractivity contribution in [1.82, 2.24) is 15.2 Å². The SMILES string of the molecule is COc1cccc(-c2cc3n(c2I)C(CCNC(=O)O)CNC3=O)c1. The van der Waals surface area contributed by atoms with Crippen LogP contribution in [0, 0.1) is 3.70 Å². The van der Waals surface area contributed by atoms with E-state index in [9.17, 15) is 9.59 Å². The van der Waals surface area contributed by atoms with Gasteiger partial charge in [0.25, 0.3) is 5.91 Å². The lowest BCUT2D eigenvalue weighted by atomic mass is 10.1. The smallest absolute Gasteiger partial charge is 0.404 e. The van der Waals surface area contributed by atoms with Crippen LogP contribution in [0.4, 0.5) is 4.79 Å². The summed E-state index contributed by atoms with van der Waals surface area (Å²) in [5.74, 6) is 0.638. The molecule has 1 aliphatic rings. The maximum absolute atomic E-state index is 12.3. The standard InChI is InChI=1S/C17H18IN3O4/c1-25-12-4-2-3-10(7-12)13-8-14-16(22)20-9-11(21(14)15(13)18)5-6-19-17(23)24/h2-4,7-8,11,19H,5-6,9H2,1H3,(H,20,22)(H,23,24). The highest BCUT2D eigenvalue weighted by molar-refractivity contribution is 14.1. The Hall–Kier alpha value is -2.23. The maximum atomic E-state index is 12.3. The second-order valence-electron chi connectivity index (χ2n) is 5.72. The molecular formula is C17H18IN3O4. The fourth-order valence-corrected chi connectivity index (χ4v) is 4.12. The number of aromatic nitrogens is 1. The first-order valence-electron chi connectivity index (χ1n) is 7.81. The number of carbonyl (C=O) groups is 2. The van der Waals surface area contributed by atoms with E-state index in [1.165, 1.54) is 0 Å². The van der Waals surface area contributed by atoms with Crippen LogP contribution < -0.4 is 15.4 Å². The van der Waals surface area contributed by atoms with Gasteiger partial charge in [-0.15, -0.1) is 0 Å². The lowest BCUT2D eigenvalue weighted by molar-refractivity contribution is 0.0911. The van der Waals surface area contributed by atoms with Gasteiger partial charge in [-0.3, -0.25) is 4.79 Å². The van der Waals surface area contributed by atoms with Gasteiger partial charge in [0.1, 0.15) is 11.4 Å². The Morgan fingerprint density at radius 3 is 3.00 bits per heavy atom. The van der Waals surface area contributed by atoms with E-state index in [1.54, 1.807) is 7.11 Å². The molecule has 7 nitrogen and oxygen atoms in total. The van der Waals surface area contributed by atoms with Gasteiger partial charge in [0, 0.05) is 18.7 Å². The highest BCUT2D eigenvalue weighted by Gasteiger charge is 2.29. The van der Waals surface area contributed by atoms with Gasteiger partial charge in [0.05, 0.1) is 16.9 Å². The number of nitrogens with one attached hydrogen (secondary N) is 2. The van der Waals surface area contributed by atoms with Crippen LogP contribution in [0.25, 0.3) is 11.1 Å². The molecule has 0 fully saturated rings. The molecular weight excluding hydrogens is 437 g/mol. The molecule has 0 bridgehead atoms. The Labute approximate surface area is 158 Å². The summed E-state index contributed by atoms with van der Waals surface area (Å²) < 4.78 is 8.24.